The predicted octanol–water partition coefficient (Wildman–Crippen LogP) is 7.56. The average molecular weight is 430 g/mol. The van der Waals surface area contributed by atoms with E-state index in [1.807, 2.05) is 0 Å². The second-order valence-corrected chi connectivity index (χ2v) is 13.2. The van der Waals surface area contributed by atoms with Crippen molar-refractivity contribution in [2.45, 2.75) is 119 Å². The highest BCUT2D eigenvalue weighted by Crippen LogP contribution is 2.68. The van der Waals surface area contributed by atoms with Crippen molar-refractivity contribution in [3.05, 3.63) is 0 Å². The third-order valence-electron chi connectivity index (χ3n) is 11.3. The molecule has 1 aliphatic heterocycles. The van der Waals surface area contributed by atoms with Crippen LogP contribution in [-0.4, -0.2) is 23.4 Å². The van der Waals surface area contributed by atoms with Crippen molar-refractivity contribution in [2.24, 2.45) is 52.3 Å². The van der Waals surface area contributed by atoms with E-state index in [9.17, 15) is 4.79 Å². The minimum Gasteiger partial charge on any atom is -0.339 e. The largest absolute Gasteiger partial charge is 0.339 e. The molecule has 1 amide bonds. The van der Waals surface area contributed by atoms with Crippen LogP contribution in [0.2, 0.25) is 0 Å². The molecule has 0 aromatic heterocycles. The van der Waals surface area contributed by atoms with Crippen LogP contribution in [0.5, 0.6) is 0 Å². The van der Waals surface area contributed by atoms with E-state index in [-0.39, 0.29) is 0 Å². The number of nitrogens with zero attached hydrogens (tertiary/aromatic N) is 1. The molecule has 2 heteroatoms. The Morgan fingerprint density at radius 2 is 1.71 bits per heavy atom. The molecule has 1 saturated heterocycles. The zero-order valence-electron chi connectivity index (χ0n) is 21.8. The van der Waals surface area contributed by atoms with Crippen molar-refractivity contribution in [3.8, 4) is 0 Å². The number of fused-ring (bicyclic) bond motifs is 5. The van der Waals surface area contributed by atoms with E-state index >= 15 is 0 Å². The van der Waals surface area contributed by atoms with Gasteiger partial charge in [-0.2, -0.15) is 0 Å². The maximum absolute atomic E-state index is 12.7. The fourth-order valence-electron chi connectivity index (χ4n) is 9.73. The smallest absolute Gasteiger partial charge is 0.222 e. The highest BCUT2D eigenvalue weighted by molar-refractivity contribution is 5.77. The lowest BCUT2D eigenvalue weighted by Crippen LogP contribution is -2.64. The Balaban J connectivity index is 1.54. The molecule has 4 rings (SSSR count). The monoisotopic (exact) mass is 429 g/mol. The summed E-state index contributed by atoms with van der Waals surface area (Å²) in [5.41, 5.74) is 0.911. The van der Waals surface area contributed by atoms with Gasteiger partial charge in [0.15, 0.2) is 0 Å². The quantitative estimate of drug-likeness (QED) is 0.426. The first-order valence-electron chi connectivity index (χ1n) is 13.9. The van der Waals surface area contributed by atoms with Gasteiger partial charge in [-0.05, 0) is 97.7 Å². The summed E-state index contributed by atoms with van der Waals surface area (Å²) in [4.78, 5) is 15.0. The van der Waals surface area contributed by atoms with Gasteiger partial charge >= 0.3 is 0 Å². The Hall–Kier alpha value is -0.530. The molecular formula is C29H51NO. The van der Waals surface area contributed by atoms with Gasteiger partial charge in [0, 0.05) is 19.0 Å². The van der Waals surface area contributed by atoms with Crippen molar-refractivity contribution in [2.75, 3.05) is 6.54 Å². The Bertz CT molecular complexity index is 657. The van der Waals surface area contributed by atoms with Crippen LogP contribution in [0.25, 0.3) is 0 Å². The molecule has 1 heterocycles. The van der Waals surface area contributed by atoms with E-state index in [4.69, 9.17) is 0 Å². The summed E-state index contributed by atoms with van der Waals surface area (Å²) in [6.45, 7) is 18.3. The predicted molar refractivity (Wildman–Crippen MR) is 131 cm³/mol. The molecule has 0 aromatic carbocycles. The number of carbonyl (C=O) groups excluding carboxylic acids is 1. The number of likely N-dealkylation sites (tertiary alicyclic amines) is 1. The first kappa shape index (κ1) is 23.6. The lowest BCUT2D eigenvalue weighted by Gasteiger charge is -2.64. The second kappa shape index (κ2) is 8.68. The van der Waals surface area contributed by atoms with E-state index in [0.29, 0.717) is 22.8 Å². The first-order valence-corrected chi connectivity index (χ1v) is 13.9. The molecule has 0 N–H and O–H groups in total. The minimum atomic E-state index is 0.351. The zero-order chi connectivity index (χ0) is 22.6. The SMILES string of the molecule is CCN1C(=O)CC[C@@]2(C)C1C[C@H](C)[C@H]1[C@@H]3CC[C@H]([C@H](C)CCCC(C)C)[C@@]3(C)CC[C@@H]12. The van der Waals surface area contributed by atoms with Gasteiger partial charge < -0.3 is 4.90 Å². The minimum absolute atomic E-state index is 0.351. The Labute approximate surface area is 193 Å². The lowest BCUT2D eigenvalue weighted by molar-refractivity contribution is -0.170. The maximum atomic E-state index is 12.7. The number of hydrogen-bond donors (Lipinski definition) is 0. The molecule has 3 saturated carbocycles. The normalized spacial score (nSPS) is 45.9. The Morgan fingerprint density at radius 1 is 1.00 bits per heavy atom. The third-order valence-corrected chi connectivity index (χ3v) is 11.3. The summed E-state index contributed by atoms with van der Waals surface area (Å²) >= 11 is 0. The summed E-state index contributed by atoms with van der Waals surface area (Å²) in [6, 6.07) is 0.492. The van der Waals surface area contributed by atoms with Crippen LogP contribution in [-0.2, 0) is 4.79 Å². The first-order chi connectivity index (χ1) is 14.6. The molecule has 0 radical (unpaired) electrons. The number of rotatable bonds is 6. The third kappa shape index (κ3) is 3.80. The lowest BCUT2D eigenvalue weighted by atomic mass is 9.44. The maximum Gasteiger partial charge on any atom is 0.222 e. The average Bonchev–Trinajstić information content (AvgIpc) is 3.06. The molecule has 4 fully saturated rings. The van der Waals surface area contributed by atoms with Crippen molar-refractivity contribution in [1.29, 1.82) is 0 Å². The number of piperidine rings is 1. The molecule has 178 valence electrons. The van der Waals surface area contributed by atoms with Crippen LogP contribution in [0.15, 0.2) is 0 Å². The van der Waals surface area contributed by atoms with Crippen molar-refractivity contribution >= 4 is 5.91 Å². The van der Waals surface area contributed by atoms with Gasteiger partial charge in [-0.15, -0.1) is 0 Å². The summed E-state index contributed by atoms with van der Waals surface area (Å²) in [6.07, 6.45) is 13.2. The van der Waals surface area contributed by atoms with E-state index in [1.165, 1.54) is 51.4 Å². The zero-order valence-corrected chi connectivity index (χ0v) is 21.8. The molecule has 0 spiro atoms. The summed E-state index contributed by atoms with van der Waals surface area (Å²) in [5.74, 6) is 6.49. The second-order valence-electron chi connectivity index (χ2n) is 13.2. The molecule has 1 unspecified atom stereocenters. The van der Waals surface area contributed by atoms with Gasteiger partial charge in [-0.1, -0.05) is 60.8 Å². The van der Waals surface area contributed by atoms with E-state index in [0.717, 1.165) is 60.8 Å². The van der Waals surface area contributed by atoms with Gasteiger partial charge in [-0.25, -0.2) is 0 Å². The van der Waals surface area contributed by atoms with E-state index in [2.05, 4.69) is 53.4 Å². The topological polar surface area (TPSA) is 20.3 Å². The van der Waals surface area contributed by atoms with Gasteiger partial charge in [0.2, 0.25) is 5.91 Å². The molecule has 9 atom stereocenters. The fraction of sp³-hybridized carbons (Fsp3) is 0.966. The van der Waals surface area contributed by atoms with E-state index in [1.54, 1.807) is 0 Å². The number of hydrogen-bond acceptors (Lipinski definition) is 1. The van der Waals surface area contributed by atoms with Crippen LogP contribution in [0.3, 0.4) is 0 Å². The molecule has 0 bridgehead atoms. The molecule has 0 aromatic rings. The molecule has 31 heavy (non-hydrogen) atoms. The van der Waals surface area contributed by atoms with Crippen LogP contribution in [0.4, 0.5) is 0 Å². The van der Waals surface area contributed by atoms with Crippen LogP contribution in [0, 0.1) is 52.3 Å². The molecule has 3 aliphatic carbocycles. The van der Waals surface area contributed by atoms with Crippen LogP contribution in [0.1, 0.15) is 113 Å². The standard InChI is InChI=1S/C29H51NO/c1-8-30-25-18-21(5)27-23-13-12-22(20(4)11-9-10-19(2)3)28(23,6)16-14-24(27)29(25,7)17-15-26(30)31/h19-25,27H,8-18H2,1-7H3/t20-,21+,22-,23+,24+,25?,27+,28-,29-/m1/s1. The highest BCUT2D eigenvalue weighted by atomic mass is 16.2. The molecule has 2 nitrogen and oxygen atoms in total. The van der Waals surface area contributed by atoms with Crippen LogP contribution < -0.4 is 0 Å². The van der Waals surface area contributed by atoms with Crippen molar-refractivity contribution in [3.63, 3.8) is 0 Å². The van der Waals surface area contributed by atoms with Gasteiger partial charge in [0.05, 0.1) is 0 Å². The fourth-order valence-corrected chi connectivity index (χ4v) is 9.73. The Kier molecular flexibility index (Phi) is 6.61. The Morgan fingerprint density at radius 3 is 2.39 bits per heavy atom. The molecular weight excluding hydrogens is 378 g/mol. The van der Waals surface area contributed by atoms with Gasteiger partial charge in [-0.3, -0.25) is 4.79 Å². The van der Waals surface area contributed by atoms with Crippen molar-refractivity contribution in [1.82, 2.24) is 4.90 Å². The highest BCUT2D eigenvalue weighted by Gasteiger charge is 2.63. The number of amides is 1. The number of carbonyl (C=O) groups is 1. The van der Waals surface area contributed by atoms with Gasteiger partial charge in [0.25, 0.3) is 0 Å². The van der Waals surface area contributed by atoms with Crippen LogP contribution >= 0.6 is 0 Å². The molecule has 4 aliphatic rings. The summed E-state index contributed by atoms with van der Waals surface area (Å²) < 4.78 is 0. The summed E-state index contributed by atoms with van der Waals surface area (Å²) in [5, 5.41) is 0. The van der Waals surface area contributed by atoms with Gasteiger partial charge in [0.1, 0.15) is 0 Å². The van der Waals surface area contributed by atoms with E-state index < -0.39 is 0 Å². The van der Waals surface area contributed by atoms with Crippen molar-refractivity contribution < 1.29 is 4.79 Å². The summed E-state index contributed by atoms with van der Waals surface area (Å²) in [7, 11) is 0.